The van der Waals surface area contributed by atoms with E-state index in [-0.39, 0.29) is 18.1 Å². The van der Waals surface area contributed by atoms with E-state index in [1.807, 2.05) is 55.1 Å². The summed E-state index contributed by atoms with van der Waals surface area (Å²) >= 11 is 0. The summed E-state index contributed by atoms with van der Waals surface area (Å²) in [6.45, 7) is 5.33. The molecule has 0 aromatic heterocycles. The van der Waals surface area contributed by atoms with Gasteiger partial charge in [-0.25, -0.2) is 0 Å². The molecule has 4 rings (SSSR count). The molecule has 2 aromatic rings. The van der Waals surface area contributed by atoms with Crippen LogP contribution in [0.3, 0.4) is 0 Å². The number of ether oxygens (including phenoxy) is 4. The maximum atomic E-state index is 13.1. The monoisotopic (exact) mass is 411 g/mol. The first-order valence-corrected chi connectivity index (χ1v) is 10.4. The number of amides is 1. The number of likely N-dealkylation sites (tertiary alicyclic amines) is 1. The summed E-state index contributed by atoms with van der Waals surface area (Å²) in [7, 11) is 3.25. The fraction of sp³-hybridized carbons (Fsp3) is 0.458. The van der Waals surface area contributed by atoms with Crippen molar-refractivity contribution in [3.05, 3.63) is 53.1 Å². The molecule has 2 aromatic carbocycles. The summed E-state index contributed by atoms with van der Waals surface area (Å²) in [4.78, 5) is 15.0. The normalized spacial score (nSPS) is 23.3. The molecule has 0 aliphatic carbocycles. The number of hydrogen-bond acceptors (Lipinski definition) is 5. The predicted octanol–water partition coefficient (Wildman–Crippen LogP) is 3.83. The number of methoxy groups -OCH3 is 2. The van der Waals surface area contributed by atoms with Crippen molar-refractivity contribution in [3.8, 4) is 17.2 Å². The molecule has 6 nitrogen and oxygen atoms in total. The van der Waals surface area contributed by atoms with Crippen LogP contribution < -0.4 is 14.2 Å². The molecule has 0 unspecified atom stereocenters. The Morgan fingerprint density at radius 2 is 1.80 bits per heavy atom. The molecule has 2 aliphatic rings. The standard InChI is InChI=1S/C24H29NO5/c1-15-7-8-16(2)21(10-15)30-23-22(17-11-19(27-3)13-20(12-17)28-4)25(24(23)26)14-18-6-5-9-29-18/h7-8,10-13,18,22-23H,5-6,9,14H2,1-4H3/t18-,22-,23-/m0/s1. The number of nitrogens with zero attached hydrogens (tertiary/aromatic N) is 1. The van der Waals surface area contributed by atoms with Gasteiger partial charge in [0.25, 0.3) is 5.91 Å². The summed E-state index contributed by atoms with van der Waals surface area (Å²) < 4.78 is 23.0. The molecule has 0 saturated carbocycles. The Bertz CT molecular complexity index is 900. The number of carbonyl (C=O) groups is 1. The maximum Gasteiger partial charge on any atom is 0.266 e. The largest absolute Gasteiger partial charge is 0.497 e. The molecule has 30 heavy (non-hydrogen) atoms. The highest BCUT2D eigenvalue weighted by molar-refractivity contribution is 5.89. The molecule has 160 valence electrons. The van der Waals surface area contributed by atoms with E-state index in [4.69, 9.17) is 18.9 Å². The Kier molecular flexibility index (Phi) is 5.86. The highest BCUT2D eigenvalue weighted by Gasteiger charge is 2.51. The van der Waals surface area contributed by atoms with Gasteiger partial charge >= 0.3 is 0 Å². The Hall–Kier alpha value is -2.73. The number of carbonyl (C=O) groups excluding carboxylic acids is 1. The number of hydrogen-bond donors (Lipinski definition) is 0. The van der Waals surface area contributed by atoms with E-state index in [1.165, 1.54) is 0 Å². The first-order valence-electron chi connectivity index (χ1n) is 10.4. The van der Waals surface area contributed by atoms with Crippen LogP contribution in [0.1, 0.15) is 35.6 Å². The van der Waals surface area contributed by atoms with Crippen LogP contribution in [0, 0.1) is 13.8 Å². The van der Waals surface area contributed by atoms with E-state index in [0.29, 0.717) is 18.0 Å². The maximum absolute atomic E-state index is 13.1. The molecule has 0 N–H and O–H groups in total. The van der Waals surface area contributed by atoms with Gasteiger partial charge in [0.15, 0.2) is 0 Å². The average Bonchev–Trinajstić information content (AvgIpc) is 3.27. The van der Waals surface area contributed by atoms with Crippen LogP contribution in [0.2, 0.25) is 0 Å². The summed E-state index contributed by atoms with van der Waals surface area (Å²) in [5.74, 6) is 2.10. The van der Waals surface area contributed by atoms with E-state index in [2.05, 4.69) is 0 Å². The number of β-lactam (4-membered cyclic amide) rings is 1. The Morgan fingerprint density at radius 3 is 2.43 bits per heavy atom. The molecule has 2 heterocycles. The first-order chi connectivity index (χ1) is 14.5. The van der Waals surface area contributed by atoms with Crippen molar-refractivity contribution in [2.75, 3.05) is 27.4 Å². The lowest BCUT2D eigenvalue weighted by Crippen LogP contribution is -2.62. The molecule has 0 radical (unpaired) electrons. The van der Waals surface area contributed by atoms with Gasteiger partial charge in [-0.2, -0.15) is 0 Å². The van der Waals surface area contributed by atoms with Crippen molar-refractivity contribution in [2.24, 2.45) is 0 Å². The number of benzene rings is 2. The Morgan fingerprint density at radius 1 is 1.07 bits per heavy atom. The lowest BCUT2D eigenvalue weighted by Gasteiger charge is -2.47. The van der Waals surface area contributed by atoms with Gasteiger partial charge in [0, 0.05) is 19.2 Å². The van der Waals surface area contributed by atoms with Crippen molar-refractivity contribution in [3.63, 3.8) is 0 Å². The van der Waals surface area contributed by atoms with Gasteiger partial charge in [0.05, 0.1) is 20.3 Å². The van der Waals surface area contributed by atoms with Gasteiger partial charge in [0.1, 0.15) is 23.3 Å². The van der Waals surface area contributed by atoms with Gasteiger partial charge in [-0.15, -0.1) is 0 Å². The quantitative estimate of drug-likeness (QED) is 0.648. The van der Waals surface area contributed by atoms with Crippen molar-refractivity contribution >= 4 is 5.91 Å². The van der Waals surface area contributed by atoms with E-state index < -0.39 is 6.10 Å². The van der Waals surface area contributed by atoms with Crippen LogP contribution in [-0.4, -0.2) is 50.4 Å². The van der Waals surface area contributed by atoms with Crippen molar-refractivity contribution in [1.82, 2.24) is 4.90 Å². The van der Waals surface area contributed by atoms with Gasteiger partial charge in [0.2, 0.25) is 6.10 Å². The minimum Gasteiger partial charge on any atom is -0.497 e. The van der Waals surface area contributed by atoms with Crippen LogP contribution in [0.4, 0.5) is 0 Å². The van der Waals surface area contributed by atoms with Gasteiger partial charge in [-0.3, -0.25) is 4.79 Å². The molecular weight excluding hydrogens is 382 g/mol. The summed E-state index contributed by atoms with van der Waals surface area (Å²) in [5, 5.41) is 0. The topological polar surface area (TPSA) is 57.2 Å². The molecule has 6 heteroatoms. The van der Waals surface area contributed by atoms with Crippen LogP contribution in [0.15, 0.2) is 36.4 Å². The van der Waals surface area contributed by atoms with Crippen LogP contribution in [0.25, 0.3) is 0 Å². The van der Waals surface area contributed by atoms with E-state index in [1.54, 1.807) is 14.2 Å². The minimum absolute atomic E-state index is 0.0156. The van der Waals surface area contributed by atoms with Crippen LogP contribution >= 0.6 is 0 Å². The molecule has 0 bridgehead atoms. The lowest BCUT2D eigenvalue weighted by molar-refractivity contribution is -0.167. The molecule has 2 fully saturated rings. The van der Waals surface area contributed by atoms with Gasteiger partial charge in [-0.1, -0.05) is 12.1 Å². The average molecular weight is 411 g/mol. The van der Waals surface area contributed by atoms with Crippen molar-refractivity contribution in [2.45, 2.75) is 44.9 Å². The van der Waals surface area contributed by atoms with E-state index in [0.717, 1.165) is 41.9 Å². The van der Waals surface area contributed by atoms with Crippen LogP contribution in [0.5, 0.6) is 17.2 Å². The van der Waals surface area contributed by atoms with Crippen LogP contribution in [-0.2, 0) is 9.53 Å². The highest BCUT2D eigenvalue weighted by Crippen LogP contribution is 2.41. The third-order valence-corrected chi connectivity index (χ3v) is 5.89. The fourth-order valence-electron chi connectivity index (χ4n) is 4.17. The Labute approximate surface area is 177 Å². The first kappa shape index (κ1) is 20.5. The fourth-order valence-corrected chi connectivity index (χ4v) is 4.17. The summed E-state index contributed by atoms with van der Waals surface area (Å²) in [5.41, 5.74) is 3.03. The lowest BCUT2D eigenvalue weighted by atomic mass is 9.89. The van der Waals surface area contributed by atoms with E-state index >= 15 is 0 Å². The zero-order chi connectivity index (χ0) is 21.3. The number of rotatable bonds is 7. The predicted molar refractivity (Wildman–Crippen MR) is 113 cm³/mol. The zero-order valence-electron chi connectivity index (χ0n) is 18.0. The van der Waals surface area contributed by atoms with Crippen molar-refractivity contribution in [1.29, 1.82) is 0 Å². The Balaban J connectivity index is 1.66. The van der Waals surface area contributed by atoms with Crippen molar-refractivity contribution < 1.29 is 23.7 Å². The zero-order valence-corrected chi connectivity index (χ0v) is 18.0. The summed E-state index contributed by atoms with van der Waals surface area (Å²) in [6.07, 6.45) is 1.49. The number of aryl methyl sites for hydroxylation is 2. The summed E-state index contributed by atoms with van der Waals surface area (Å²) in [6, 6.07) is 11.5. The van der Waals surface area contributed by atoms with Gasteiger partial charge in [-0.05, 0) is 61.6 Å². The SMILES string of the molecule is COc1cc(OC)cc([C@H]2[C@H](Oc3cc(C)ccc3C)C(=O)N2C[C@@H]2CCCO2)c1. The highest BCUT2D eigenvalue weighted by atomic mass is 16.5. The molecule has 3 atom stereocenters. The molecule has 0 spiro atoms. The smallest absolute Gasteiger partial charge is 0.266 e. The van der Waals surface area contributed by atoms with E-state index in [9.17, 15) is 4.79 Å². The van der Waals surface area contributed by atoms with Gasteiger partial charge < -0.3 is 23.8 Å². The third-order valence-electron chi connectivity index (χ3n) is 5.89. The second-order valence-electron chi connectivity index (χ2n) is 8.02. The minimum atomic E-state index is -0.594. The molecule has 2 aliphatic heterocycles. The second-order valence-corrected chi connectivity index (χ2v) is 8.02. The molecule has 1 amide bonds. The molecule has 2 saturated heterocycles. The third kappa shape index (κ3) is 3.97. The molecular formula is C24H29NO5. The second kappa shape index (κ2) is 8.56.